The molecule has 100 valence electrons. The third-order valence-corrected chi connectivity index (χ3v) is 2.63. The van der Waals surface area contributed by atoms with Crippen molar-refractivity contribution in [2.24, 2.45) is 7.05 Å². The molecule has 1 unspecified atom stereocenters. The van der Waals surface area contributed by atoms with Gasteiger partial charge in [0.25, 0.3) is 11.6 Å². The molecule has 19 heavy (non-hydrogen) atoms. The van der Waals surface area contributed by atoms with Gasteiger partial charge >= 0.3 is 0 Å². The molecule has 0 aliphatic heterocycles. The van der Waals surface area contributed by atoms with Gasteiger partial charge in [-0.3, -0.25) is 20.0 Å². The number of nitrogens with zero attached hydrogens (tertiary/aromatic N) is 4. The van der Waals surface area contributed by atoms with E-state index >= 15 is 0 Å². The second-order valence-electron chi connectivity index (χ2n) is 4.02. The predicted octanol–water partition coefficient (Wildman–Crippen LogP) is 0.542. The summed E-state index contributed by atoms with van der Waals surface area (Å²) in [7, 11) is 1.57. The summed E-state index contributed by atoms with van der Waals surface area (Å²) >= 11 is 0. The highest BCUT2D eigenvalue weighted by Gasteiger charge is 2.20. The summed E-state index contributed by atoms with van der Waals surface area (Å²) in [5.74, 6) is 0.0940. The molecule has 0 spiro atoms. The Kier molecular flexibility index (Phi) is 3.27. The highest BCUT2D eigenvalue weighted by atomic mass is 16.6. The zero-order valence-electron chi connectivity index (χ0n) is 10.3. The van der Waals surface area contributed by atoms with Gasteiger partial charge < -0.3 is 9.88 Å². The fourth-order valence-electron chi connectivity index (χ4n) is 1.64. The molecular formula is C10H12N6O3. The van der Waals surface area contributed by atoms with Crippen molar-refractivity contribution in [3.8, 4) is 0 Å². The smallest absolute Gasteiger partial charge is 0.287 e. The second kappa shape index (κ2) is 4.88. The van der Waals surface area contributed by atoms with Gasteiger partial charge in [-0.1, -0.05) is 0 Å². The standard InChI is InChI=1S/C10H12N6O3/c1-6(9-11-5-12-14-9)13-10(17)8-3-7(16(18)19)4-15(8)2/h3-6H,1-2H3,(H,13,17)(H,11,12,14). The van der Waals surface area contributed by atoms with E-state index in [1.54, 1.807) is 14.0 Å². The first-order valence-electron chi connectivity index (χ1n) is 5.46. The van der Waals surface area contributed by atoms with Gasteiger partial charge in [-0.15, -0.1) is 0 Å². The largest absolute Gasteiger partial charge is 0.341 e. The van der Waals surface area contributed by atoms with Crippen LogP contribution in [0.1, 0.15) is 29.3 Å². The van der Waals surface area contributed by atoms with Crippen LogP contribution in [0.5, 0.6) is 0 Å². The molecule has 0 aromatic carbocycles. The molecule has 0 saturated carbocycles. The molecule has 2 N–H and O–H groups in total. The van der Waals surface area contributed by atoms with Crippen LogP contribution in [0.3, 0.4) is 0 Å². The maximum Gasteiger partial charge on any atom is 0.287 e. The minimum Gasteiger partial charge on any atom is -0.341 e. The molecular weight excluding hydrogens is 252 g/mol. The maximum absolute atomic E-state index is 12.0. The number of hydrogen-bond acceptors (Lipinski definition) is 5. The van der Waals surface area contributed by atoms with Gasteiger partial charge in [-0.2, -0.15) is 5.10 Å². The van der Waals surface area contributed by atoms with Crippen molar-refractivity contribution in [3.05, 3.63) is 40.2 Å². The van der Waals surface area contributed by atoms with Crippen molar-refractivity contribution >= 4 is 11.6 Å². The van der Waals surface area contributed by atoms with E-state index in [0.29, 0.717) is 5.82 Å². The van der Waals surface area contributed by atoms with Crippen LogP contribution in [-0.2, 0) is 7.05 Å². The summed E-state index contributed by atoms with van der Waals surface area (Å²) in [6.45, 7) is 1.73. The number of aryl methyl sites for hydroxylation is 1. The number of carbonyl (C=O) groups excluding carboxylic acids is 1. The minimum absolute atomic E-state index is 0.125. The summed E-state index contributed by atoms with van der Waals surface area (Å²) in [5, 5.41) is 19.6. The van der Waals surface area contributed by atoms with Crippen molar-refractivity contribution in [1.29, 1.82) is 0 Å². The lowest BCUT2D eigenvalue weighted by Crippen LogP contribution is -2.28. The third kappa shape index (κ3) is 2.59. The molecule has 1 atom stereocenters. The van der Waals surface area contributed by atoms with E-state index in [2.05, 4.69) is 20.5 Å². The molecule has 0 aliphatic rings. The SMILES string of the molecule is CC(NC(=O)c1cc([N+](=O)[O-])cn1C)c1ncn[nH]1. The van der Waals surface area contributed by atoms with Gasteiger partial charge in [0.2, 0.25) is 0 Å². The monoisotopic (exact) mass is 264 g/mol. The average molecular weight is 264 g/mol. The van der Waals surface area contributed by atoms with Crippen molar-refractivity contribution in [1.82, 2.24) is 25.1 Å². The highest BCUT2D eigenvalue weighted by Crippen LogP contribution is 2.16. The molecule has 2 heterocycles. The first kappa shape index (κ1) is 12.7. The molecule has 1 amide bonds. The number of hydrogen-bond donors (Lipinski definition) is 2. The Bertz CT molecular complexity index is 603. The number of nitro groups is 1. The number of carbonyl (C=O) groups is 1. The Hall–Kier alpha value is -2.71. The van der Waals surface area contributed by atoms with E-state index < -0.39 is 10.8 Å². The van der Waals surface area contributed by atoms with Crippen LogP contribution >= 0.6 is 0 Å². The van der Waals surface area contributed by atoms with E-state index in [1.165, 1.54) is 23.2 Å². The van der Waals surface area contributed by atoms with Gasteiger partial charge in [0.05, 0.1) is 17.2 Å². The third-order valence-electron chi connectivity index (χ3n) is 2.63. The Morgan fingerprint density at radius 3 is 2.89 bits per heavy atom. The molecule has 9 nitrogen and oxygen atoms in total. The summed E-state index contributed by atoms with van der Waals surface area (Å²) in [5.41, 5.74) is 0.0815. The van der Waals surface area contributed by atoms with Gasteiger partial charge in [0.15, 0.2) is 0 Å². The van der Waals surface area contributed by atoms with Crippen molar-refractivity contribution < 1.29 is 9.72 Å². The maximum atomic E-state index is 12.0. The van der Waals surface area contributed by atoms with E-state index in [9.17, 15) is 14.9 Å². The zero-order valence-corrected chi connectivity index (χ0v) is 10.3. The van der Waals surface area contributed by atoms with Crippen LogP contribution in [0, 0.1) is 10.1 Å². The molecule has 0 radical (unpaired) electrons. The Labute approximate surface area is 107 Å². The summed E-state index contributed by atoms with van der Waals surface area (Å²) in [6, 6.07) is 0.853. The van der Waals surface area contributed by atoms with Gasteiger partial charge in [-0.05, 0) is 6.92 Å². The molecule has 9 heteroatoms. The number of nitrogens with one attached hydrogen (secondary N) is 2. The lowest BCUT2D eigenvalue weighted by Gasteiger charge is -2.10. The number of aromatic amines is 1. The lowest BCUT2D eigenvalue weighted by molar-refractivity contribution is -0.384. The van der Waals surface area contributed by atoms with Crippen molar-refractivity contribution in [2.75, 3.05) is 0 Å². The summed E-state index contributed by atoms with van der Waals surface area (Å²) in [6.07, 6.45) is 2.62. The van der Waals surface area contributed by atoms with Crippen LogP contribution in [-0.4, -0.2) is 30.6 Å². The quantitative estimate of drug-likeness (QED) is 0.617. The van der Waals surface area contributed by atoms with Gasteiger partial charge in [-0.25, -0.2) is 4.98 Å². The number of aromatic nitrogens is 4. The van der Waals surface area contributed by atoms with E-state index in [-0.39, 0.29) is 17.4 Å². The Morgan fingerprint density at radius 2 is 2.37 bits per heavy atom. The topological polar surface area (TPSA) is 119 Å². The van der Waals surface area contributed by atoms with Crippen LogP contribution in [0.15, 0.2) is 18.6 Å². The van der Waals surface area contributed by atoms with E-state index in [4.69, 9.17) is 0 Å². The first-order chi connectivity index (χ1) is 8.99. The molecule has 0 bridgehead atoms. The number of amides is 1. The van der Waals surface area contributed by atoms with Crippen LogP contribution in [0.25, 0.3) is 0 Å². The first-order valence-corrected chi connectivity index (χ1v) is 5.46. The Morgan fingerprint density at radius 1 is 1.63 bits per heavy atom. The molecule has 0 fully saturated rings. The molecule has 0 aliphatic carbocycles. The molecule has 2 aromatic heterocycles. The zero-order chi connectivity index (χ0) is 14.0. The van der Waals surface area contributed by atoms with E-state index in [1.807, 2.05) is 0 Å². The van der Waals surface area contributed by atoms with Crippen LogP contribution in [0.4, 0.5) is 5.69 Å². The predicted molar refractivity (Wildman–Crippen MR) is 64.3 cm³/mol. The fraction of sp³-hybridized carbons (Fsp3) is 0.300. The Balaban J connectivity index is 2.14. The second-order valence-corrected chi connectivity index (χ2v) is 4.02. The summed E-state index contributed by atoms with van der Waals surface area (Å²) < 4.78 is 1.40. The molecule has 2 aromatic rings. The van der Waals surface area contributed by atoms with Crippen molar-refractivity contribution in [3.63, 3.8) is 0 Å². The fourth-order valence-corrected chi connectivity index (χ4v) is 1.64. The molecule has 2 rings (SSSR count). The van der Waals surface area contributed by atoms with Gasteiger partial charge in [0, 0.05) is 13.1 Å². The number of rotatable bonds is 4. The highest BCUT2D eigenvalue weighted by molar-refractivity contribution is 5.93. The van der Waals surface area contributed by atoms with E-state index in [0.717, 1.165) is 0 Å². The van der Waals surface area contributed by atoms with Crippen molar-refractivity contribution in [2.45, 2.75) is 13.0 Å². The van der Waals surface area contributed by atoms with Crippen LogP contribution in [0.2, 0.25) is 0 Å². The minimum atomic E-state index is -0.545. The van der Waals surface area contributed by atoms with Gasteiger partial charge in [0.1, 0.15) is 17.8 Å². The number of H-pyrrole nitrogens is 1. The average Bonchev–Trinajstić information content (AvgIpc) is 2.97. The lowest BCUT2D eigenvalue weighted by atomic mass is 10.3. The summed E-state index contributed by atoms with van der Waals surface area (Å²) in [4.78, 5) is 26.0. The van der Waals surface area contributed by atoms with Crippen LogP contribution < -0.4 is 5.32 Å². The molecule has 0 saturated heterocycles. The normalized spacial score (nSPS) is 12.1.